The molecule has 0 saturated heterocycles. The molecule has 0 aromatic heterocycles. The lowest BCUT2D eigenvalue weighted by atomic mass is 10.1. The van der Waals surface area contributed by atoms with E-state index in [4.69, 9.17) is 30.5 Å². The van der Waals surface area contributed by atoms with Crippen molar-refractivity contribution in [3.05, 3.63) is 58.8 Å². The second kappa shape index (κ2) is 8.05. The van der Waals surface area contributed by atoms with Gasteiger partial charge in [0.15, 0.2) is 11.5 Å². The summed E-state index contributed by atoms with van der Waals surface area (Å²) in [7, 11) is 4.61. The van der Waals surface area contributed by atoms with Crippen LogP contribution in [0.25, 0.3) is 6.08 Å². The number of benzene rings is 2. The van der Waals surface area contributed by atoms with Crippen LogP contribution in [0.2, 0.25) is 5.02 Å². The van der Waals surface area contributed by atoms with Crippen LogP contribution in [0.15, 0.2) is 48.2 Å². The summed E-state index contributed by atoms with van der Waals surface area (Å²) in [5.74, 6) is 1.76. The Morgan fingerprint density at radius 1 is 1.04 bits per heavy atom. The molecular weight excluding hydrogens is 370 g/mol. The van der Waals surface area contributed by atoms with Crippen LogP contribution in [0.1, 0.15) is 5.56 Å². The number of rotatable bonds is 5. The molecule has 1 aliphatic rings. The van der Waals surface area contributed by atoms with Gasteiger partial charge in [-0.2, -0.15) is 0 Å². The molecule has 0 fully saturated rings. The van der Waals surface area contributed by atoms with E-state index in [1.54, 1.807) is 49.6 Å². The number of methoxy groups -OCH3 is 3. The van der Waals surface area contributed by atoms with E-state index in [0.29, 0.717) is 44.8 Å². The minimum absolute atomic E-state index is 0.329. The van der Waals surface area contributed by atoms with E-state index < -0.39 is 0 Å². The van der Waals surface area contributed by atoms with Crippen LogP contribution in [0.5, 0.6) is 23.0 Å². The van der Waals surface area contributed by atoms with Gasteiger partial charge in [0.1, 0.15) is 11.5 Å². The first kappa shape index (κ1) is 18.7. The Balaban J connectivity index is 1.92. The number of carbonyl (C=O) groups is 1. The predicted molar refractivity (Wildman–Crippen MR) is 104 cm³/mol. The number of hydrogen-bond acceptors (Lipinski definition) is 5. The van der Waals surface area contributed by atoms with Crippen molar-refractivity contribution in [2.24, 2.45) is 0 Å². The number of nitrogens with one attached hydrogen (secondary N) is 1. The lowest BCUT2D eigenvalue weighted by Gasteiger charge is -2.12. The molecule has 0 saturated carbocycles. The SMILES string of the molecule is COc1ccc(NC(=O)C2=Cc3cc(Cl)cc(OC)c3OC=C2)c(OC)c1. The molecule has 0 radical (unpaired) electrons. The quantitative estimate of drug-likeness (QED) is 0.828. The van der Waals surface area contributed by atoms with Gasteiger partial charge in [-0.15, -0.1) is 0 Å². The number of hydrogen-bond donors (Lipinski definition) is 1. The third-order valence-corrected chi connectivity index (χ3v) is 4.15. The van der Waals surface area contributed by atoms with Crippen LogP contribution in [0.4, 0.5) is 5.69 Å². The number of amides is 1. The van der Waals surface area contributed by atoms with Gasteiger partial charge in [-0.25, -0.2) is 0 Å². The number of fused-ring (bicyclic) bond motifs is 1. The first-order valence-corrected chi connectivity index (χ1v) is 8.39. The summed E-state index contributed by atoms with van der Waals surface area (Å²) in [6.07, 6.45) is 4.68. The number of carbonyl (C=O) groups excluding carboxylic acids is 1. The summed E-state index contributed by atoms with van der Waals surface area (Å²) < 4.78 is 21.4. The second-order valence-corrected chi connectivity index (χ2v) is 6.00. The highest BCUT2D eigenvalue weighted by Gasteiger charge is 2.17. The van der Waals surface area contributed by atoms with Crippen molar-refractivity contribution in [1.82, 2.24) is 0 Å². The molecule has 0 aliphatic carbocycles. The van der Waals surface area contributed by atoms with Gasteiger partial charge in [0.2, 0.25) is 0 Å². The lowest BCUT2D eigenvalue weighted by molar-refractivity contribution is -0.112. The molecule has 0 bridgehead atoms. The summed E-state index contributed by atoms with van der Waals surface area (Å²) in [5, 5.41) is 3.30. The second-order valence-electron chi connectivity index (χ2n) is 5.57. The molecule has 6 nitrogen and oxygen atoms in total. The van der Waals surface area contributed by atoms with Gasteiger partial charge in [0.05, 0.1) is 33.3 Å². The summed E-state index contributed by atoms with van der Waals surface area (Å²) >= 11 is 6.12. The normalized spacial score (nSPS) is 12.2. The van der Waals surface area contributed by atoms with Gasteiger partial charge in [-0.1, -0.05) is 11.6 Å². The zero-order chi connectivity index (χ0) is 19.4. The molecule has 3 rings (SSSR count). The average Bonchev–Trinajstić information content (AvgIpc) is 2.90. The minimum Gasteiger partial charge on any atom is -0.497 e. The van der Waals surface area contributed by atoms with Crippen molar-refractivity contribution in [2.75, 3.05) is 26.6 Å². The maximum atomic E-state index is 12.8. The molecule has 1 N–H and O–H groups in total. The number of anilines is 1. The molecule has 1 aliphatic heterocycles. The van der Waals surface area contributed by atoms with Crippen molar-refractivity contribution in [2.45, 2.75) is 0 Å². The summed E-state index contributed by atoms with van der Waals surface area (Å²) in [5.41, 5.74) is 1.54. The van der Waals surface area contributed by atoms with Crippen molar-refractivity contribution in [3.8, 4) is 23.0 Å². The average molecular weight is 388 g/mol. The van der Waals surface area contributed by atoms with Crippen molar-refractivity contribution in [3.63, 3.8) is 0 Å². The fraction of sp³-hybridized carbons (Fsp3) is 0.150. The Morgan fingerprint density at radius 2 is 1.81 bits per heavy atom. The Kier molecular flexibility index (Phi) is 5.57. The molecule has 1 heterocycles. The zero-order valence-electron chi connectivity index (χ0n) is 15.0. The van der Waals surface area contributed by atoms with E-state index in [1.165, 1.54) is 20.5 Å². The fourth-order valence-corrected chi connectivity index (χ4v) is 2.82. The topological polar surface area (TPSA) is 66.0 Å². The highest BCUT2D eigenvalue weighted by Crippen LogP contribution is 2.38. The van der Waals surface area contributed by atoms with E-state index >= 15 is 0 Å². The van der Waals surface area contributed by atoms with E-state index in [9.17, 15) is 4.79 Å². The van der Waals surface area contributed by atoms with Crippen molar-refractivity contribution < 1.29 is 23.7 Å². The van der Waals surface area contributed by atoms with E-state index in [0.717, 1.165) is 0 Å². The Bertz CT molecular complexity index is 936. The minimum atomic E-state index is -0.329. The Labute approximate surface area is 161 Å². The van der Waals surface area contributed by atoms with Crippen LogP contribution >= 0.6 is 11.6 Å². The lowest BCUT2D eigenvalue weighted by Crippen LogP contribution is -2.14. The molecule has 2 aromatic carbocycles. The van der Waals surface area contributed by atoms with Gasteiger partial charge in [-0.3, -0.25) is 4.79 Å². The molecule has 1 amide bonds. The summed E-state index contributed by atoms with van der Waals surface area (Å²) in [6, 6.07) is 8.48. The van der Waals surface area contributed by atoms with E-state index in [-0.39, 0.29) is 5.91 Å². The van der Waals surface area contributed by atoms with Crippen LogP contribution in [0.3, 0.4) is 0 Å². The smallest absolute Gasteiger partial charge is 0.255 e. The summed E-state index contributed by atoms with van der Waals surface area (Å²) in [6.45, 7) is 0. The van der Waals surface area contributed by atoms with Crippen LogP contribution in [-0.2, 0) is 4.79 Å². The molecule has 7 heteroatoms. The monoisotopic (exact) mass is 387 g/mol. The first-order chi connectivity index (χ1) is 13.0. The van der Waals surface area contributed by atoms with Crippen molar-refractivity contribution >= 4 is 29.3 Å². The predicted octanol–water partition coefficient (Wildman–Crippen LogP) is 4.29. The fourth-order valence-electron chi connectivity index (χ4n) is 2.60. The van der Waals surface area contributed by atoms with Gasteiger partial charge in [0, 0.05) is 28.3 Å². The molecular formula is C20H18ClNO5. The maximum Gasteiger partial charge on any atom is 0.255 e. The Hall–Kier alpha value is -3.12. The molecule has 2 aromatic rings. The molecule has 0 spiro atoms. The van der Waals surface area contributed by atoms with Gasteiger partial charge in [0.25, 0.3) is 5.91 Å². The van der Waals surface area contributed by atoms with Gasteiger partial charge < -0.3 is 24.3 Å². The van der Waals surface area contributed by atoms with Crippen LogP contribution < -0.4 is 24.3 Å². The largest absolute Gasteiger partial charge is 0.497 e. The van der Waals surface area contributed by atoms with E-state index in [1.807, 2.05) is 0 Å². The van der Waals surface area contributed by atoms with Crippen molar-refractivity contribution in [1.29, 1.82) is 0 Å². The van der Waals surface area contributed by atoms with Gasteiger partial charge >= 0.3 is 0 Å². The number of ether oxygens (including phenoxy) is 4. The standard InChI is InChI=1S/C20H18ClNO5/c1-24-15-4-5-16(17(11-15)25-2)22-20(23)12-6-7-27-19-13(8-12)9-14(21)10-18(19)26-3/h4-11H,1-3H3,(H,22,23). The Morgan fingerprint density at radius 3 is 2.52 bits per heavy atom. The number of halogens is 1. The molecule has 0 atom stereocenters. The maximum absolute atomic E-state index is 12.8. The zero-order valence-corrected chi connectivity index (χ0v) is 15.8. The first-order valence-electron chi connectivity index (χ1n) is 8.01. The van der Waals surface area contributed by atoms with Crippen LogP contribution in [0, 0.1) is 0 Å². The van der Waals surface area contributed by atoms with Crippen LogP contribution in [-0.4, -0.2) is 27.2 Å². The summed E-state index contributed by atoms with van der Waals surface area (Å²) in [4.78, 5) is 12.8. The third-order valence-electron chi connectivity index (χ3n) is 3.93. The molecule has 140 valence electrons. The van der Waals surface area contributed by atoms with E-state index in [2.05, 4.69) is 5.32 Å². The highest BCUT2D eigenvalue weighted by atomic mass is 35.5. The molecule has 0 unspecified atom stereocenters. The molecule has 27 heavy (non-hydrogen) atoms. The van der Waals surface area contributed by atoms with Gasteiger partial charge in [-0.05, 0) is 30.4 Å². The third kappa shape index (κ3) is 4.01. The highest BCUT2D eigenvalue weighted by molar-refractivity contribution is 6.31.